The third-order valence-corrected chi connectivity index (χ3v) is 5.95. The number of fused-ring (bicyclic) bond motifs is 1. The molecule has 0 aliphatic rings. The van der Waals surface area contributed by atoms with Gasteiger partial charge in [-0.1, -0.05) is 18.2 Å². The Morgan fingerprint density at radius 1 is 1.06 bits per heavy atom. The normalized spacial score (nSPS) is 11.3. The van der Waals surface area contributed by atoms with Gasteiger partial charge in [-0.15, -0.1) is 11.3 Å². The van der Waals surface area contributed by atoms with Crippen molar-refractivity contribution in [3.63, 3.8) is 0 Å². The molecule has 1 aromatic heterocycles. The Morgan fingerprint density at radius 3 is 2.61 bits per heavy atom. The molecule has 0 fully saturated rings. The van der Waals surface area contributed by atoms with Crippen molar-refractivity contribution in [1.29, 1.82) is 0 Å². The van der Waals surface area contributed by atoms with Crippen LogP contribution in [0.3, 0.4) is 0 Å². The van der Waals surface area contributed by atoms with Crippen molar-refractivity contribution >= 4 is 38.9 Å². The van der Waals surface area contributed by atoms with Gasteiger partial charge in [-0.2, -0.15) is 5.10 Å². The number of carbonyl (C=O) groups excluding carboxylic acids is 2. The Labute approximate surface area is 196 Å². The molecule has 0 saturated heterocycles. The molecule has 0 spiro atoms. The topological polar surface area (TPSA) is 109 Å². The number of carbonyl (C=O) groups is 2. The molecule has 0 bridgehead atoms. The van der Waals surface area contributed by atoms with Crippen molar-refractivity contribution < 1.29 is 24.2 Å². The van der Waals surface area contributed by atoms with Crippen LogP contribution in [0.2, 0.25) is 0 Å². The first-order valence-corrected chi connectivity index (χ1v) is 11.4. The van der Waals surface area contributed by atoms with E-state index in [0.29, 0.717) is 29.9 Å². The molecule has 33 heavy (non-hydrogen) atoms. The van der Waals surface area contributed by atoms with Crippen LogP contribution in [0.5, 0.6) is 11.5 Å². The van der Waals surface area contributed by atoms with E-state index >= 15 is 0 Å². The molecule has 0 radical (unpaired) electrons. The van der Waals surface area contributed by atoms with Crippen molar-refractivity contribution in [2.75, 3.05) is 27.4 Å². The molecule has 3 N–H and O–H groups in total. The number of hydrogen-bond donors (Lipinski definition) is 3. The summed E-state index contributed by atoms with van der Waals surface area (Å²) in [6.07, 6.45) is 2.00. The number of rotatable bonds is 11. The molecular weight excluding hydrogens is 442 g/mol. The Hall–Kier alpha value is -3.43. The number of aliphatic hydroxyl groups is 1. The lowest BCUT2D eigenvalue weighted by atomic mass is 10.0. The predicted octanol–water partition coefficient (Wildman–Crippen LogP) is 3.33. The van der Waals surface area contributed by atoms with Crippen molar-refractivity contribution in [3.8, 4) is 11.5 Å². The molecule has 174 valence electrons. The van der Waals surface area contributed by atoms with E-state index in [0.717, 1.165) is 27.8 Å². The van der Waals surface area contributed by atoms with E-state index in [9.17, 15) is 9.59 Å². The van der Waals surface area contributed by atoms with Gasteiger partial charge in [0.05, 0.1) is 26.5 Å². The molecule has 0 saturated carbocycles. The average molecular weight is 470 g/mol. The van der Waals surface area contributed by atoms with Crippen LogP contribution in [0.1, 0.15) is 35.2 Å². The van der Waals surface area contributed by atoms with Gasteiger partial charge in [-0.05, 0) is 43.5 Å². The molecular formula is C24H27N3O5S. The molecule has 9 heteroatoms. The van der Waals surface area contributed by atoms with E-state index in [-0.39, 0.29) is 13.2 Å². The van der Waals surface area contributed by atoms with E-state index in [1.54, 1.807) is 29.5 Å². The molecule has 3 rings (SSSR count). The zero-order chi connectivity index (χ0) is 23.6. The standard InChI is InChI=1S/C24H27N3O5S/c1-31-20-11-10-16(13-21(20)32-2)24(30)25-14-23(29)27-26-19(8-5-6-12-28)18-15-33-22-9-4-3-7-17(18)22/h3-4,7,9-11,13,15,28H,5-6,8,12,14H2,1-2H3,(H,25,30)(H,27,29)/b26-19+. The third kappa shape index (κ3) is 6.30. The van der Waals surface area contributed by atoms with Crippen LogP contribution in [0.4, 0.5) is 0 Å². The summed E-state index contributed by atoms with van der Waals surface area (Å²) in [6.45, 7) is -0.128. The zero-order valence-electron chi connectivity index (χ0n) is 18.6. The van der Waals surface area contributed by atoms with E-state index in [1.165, 1.54) is 14.2 Å². The quantitative estimate of drug-likeness (QED) is 0.227. The van der Waals surface area contributed by atoms with Crippen LogP contribution in [0.15, 0.2) is 52.9 Å². The molecule has 2 amide bonds. The highest BCUT2D eigenvalue weighted by Crippen LogP contribution is 2.28. The largest absolute Gasteiger partial charge is 0.493 e. The minimum Gasteiger partial charge on any atom is -0.493 e. The maximum Gasteiger partial charge on any atom is 0.259 e. The molecule has 0 unspecified atom stereocenters. The van der Waals surface area contributed by atoms with Crippen LogP contribution < -0.4 is 20.2 Å². The van der Waals surface area contributed by atoms with E-state index < -0.39 is 11.8 Å². The van der Waals surface area contributed by atoms with E-state index in [2.05, 4.69) is 15.8 Å². The van der Waals surface area contributed by atoms with Gasteiger partial charge < -0.3 is 19.9 Å². The SMILES string of the molecule is COc1ccc(C(=O)NCC(=O)N/N=C(\CCCCO)c2csc3ccccc23)cc1OC. The third-order valence-electron chi connectivity index (χ3n) is 4.98. The maximum absolute atomic E-state index is 12.4. The van der Waals surface area contributed by atoms with Crippen molar-refractivity contribution in [1.82, 2.24) is 10.7 Å². The first kappa shape index (κ1) is 24.2. The van der Waals surface area contributed by atoms with Gasteiger partial charge in [0.1, 0.15) is 0 Å². The highest BCUT2D eigenvalue weighted by Gasteiger charge is 2.14. The number of aliphatic hydroxyl groups excluding tert-OH is 1. The molecule has 0 atom stereocenters. The molecule has 2 aromatic carbocycles. The Kier molecular flexibility index (Phi) is 8.79. The lowest BCUT2D eigenvalue weighted by molar-refractivity contribution is -0.120. The number of nitrogens with zero attached hydrogens (tertiary/aromatic N) is 1. The van der Waals surface area contributed by atoms with Gasteiger partial charge in [0, 0.05) is 33.2 Å². The lowest BCUT2D eigenvalue weighted by Gasteiger charge is -2.10. The van der Waals surface area contributed by atoms with Crippen LogP contribution in [-0.4, -0.2) is 50.0 Å². The zero-order valence-corrected chi connectivity index (χ0v) is 19.4. The summed E-state index contributed by atoms with van der Waals surface area (Å²) < 4.78 is 11.5. The van der Waals surface area contributed by atoms with E-state index in [1.807, 2.05) is 29.6 Å². The van der Waals surface area contributed by atoms with Crippen LogP contribution >= 0.6 is 11.3 Å². The fourth-order valence-corrected chi connectivity index (χ4v) is 4.24. The summed E-state index contributed by atoms with van der Waals surface area (Å²) in [7, 11) is 3.00. The smallest absolute Gasteiger partial charge is 0.259 e. The predicted molar refractivity (Wildman–Crippen MR) is 129 cm³/mol. The number of hydrogen-bond acceptors (Lipinski definition) is 7. The van der Waals surface area contributed by atoms with Gasteiger partial charge in [-0.25, -0.2) is 5.43 Å². The van der Waals surface area contributed by atoms with Gasteiger partial charge >= 0.3 is 0 Å². The number of nitrogens with one attached hydrogen (secondary N) is 2. The lowest BCUT2D eigenvalue weighted by Crippen LogP contribution is -2.35. The van der Waals surface area contributed by atoms with Crippen molar-refractivity contribution in [3.05, 3.63) is 59.0 Å². The van der Waals surface area contributed by atoms with Crippen LogP contribution in [-0.2, 0) is 4.79 Å². The Morgan fingerprint density at radius 2 is 1.85 bits per heavy atom. The highest BCUT2D eigenvalue weighted by atomic mass is 32.1. The minimum atomic E-state index is -0.442. The molecule has 0 aliphatic heterocycles. The molecule has 3 aromatic rings. The number of ether oxygens (including phenoxy) is 2. The van der Waals surface area contributed by atoms with Crippen molar-refractivity contribution in [2.24, 2.45) is 5.10 Å². The second-order valence-electron chi connectivity index (χ2n) is 7.17. The van der Waals surface area contributed by atoms with Gasteiger partial charge in [0.25, 0.3) is 11.8 Å². The Bertz CT molecular complexity index is 1140. The summed E-state index contributed by atoms with van der Waals surface area (Å²) in [4.78, 5) is 24.8. The summed E-state index contributed by atoms with van der Waals surface area (Å²) in [5.74, 6) is 0.0793. The molecule has 0 aliphatic carbocycles. The monoisotopic (exact) mass is 469 g/mol. The summed E-state index contributed by atoms with van der Waals surface area (Å²) in [5.41, 5.74) is 4.59. The first-order chi connectivity index (χ1) is 16.1. The van der Waals surface area contributed by atoms with E-state index in [4.69, 9.17) is 14.6 Å². The van der Waals surface area contributed by atoms with Gasteiger partial charge in [-0.3, -0.25) is 9.59 Å². The van der Waals surface area contributed by atoms with Gasteiger partial charge in [0.15, 0.2) is 11.5 Å². The number of thiophene rings is 1. The number of benzene rings is 2. The molecule has 1 heterocycles. The van der Waals surface area contributed by atoms with Gasteiger partial charge in [0.2, 0.25) is 0 Å². The van der Waals surface area contributed by atoms with Crippen LogP contribution in [0.25, 0.3) is 10.1 Å². The molecule has 8 nitrogen and oxygen atoms in total. The summed E-state index contributed by atoms with van der Waals surface area (Å²) >= 11 is 1.61. The highest BCUT2D eigenvalue weighted by molar-refractivity contribution is 7.17. The number of amides is 2. The second kappa shape index (κ2) is 12.0. The fourth-order valence-electron chi connectivity index (χ4n) is 3.27. The Balaban J connectivity index is 1.65. The summed E-state index contributed by atoms with van der Waals surface area (Å²) in [5, 5.41) is 19.1. The summed E-state index contributed by atoms with van der Waals surface area (Å²) in [6, 6.07) is 12.8. The maximum atomic E-state index is 12.4. The number of methoxy groups -OCH3 is 2. The van der Waals surface area contributed by atoms with Crippen LogP contribution in [0, 0.1) is 0 Å². The first-order valence-electron chi connectivity index (χ1n) is 10.5. The number of unbranched alkanes of at least 4 members (excludes halogenated alkanes) is 1. The number of hydrazone groups is 1. The second-order valence-corrected chi connectivity index (χ2v) is 8.08. The minimum absolute atomic E-state index is 0.103. The fraction of sp³-hybridized carbons (Fsp3) is 0.292. The average Bonchev–Trinajstić information content (AvgIpc) is 3.28. The van der Waals surface area contributed by atoms with Crippen molar-refractivity contribution in [2.45, 2.75) is 19.3 Å².